The van der Waals surface area contributed by atoms with Gasteiger partial charge < -0.3 is 5.32 Å². The Morgan fingerprint density at radius 1 is 1.38 bits per heavy atom. The molecule has 16 heavy (non-hydrogen) atoms. The molecular weight excluding hydrogens is 204 g/mol. The number of tetrazole rings is 1. The molecule has 1 saturated carbocycles. The Hall–Kier alpha value is -1.72. The number of anilines is 1. The number of nitrogens with zero attached hydrogens (tertiary/aromatic N) is 5. The lowest BCUT2D eigenvalue weighted by Crippen LogP contribution is -2.18. The summed E-state index contributed by atoms with van der Waals surface area (Å²) in [6.45, 7) is 2.29. The second kappa shape index (κ2) is 3.70. The molecule has 2 aromatic rings. The van der Waals surface area contributed by atoms with Crippen LogP contribution in [0.4, 0.5) is 5.82 Å². The van der Waals surface area contributed by atoms with E-state index in [1.807, 2.05) is 0 Å². The third kappa shape index (κ3) is 1.60. The highest BCUT2D eigenvalue weighted by Crippen LogP contribution is 2.27. The smallest absolute Gasteiger partial charge is 0.199 e. The van der Waals surface area contributed by atoms with E-state index in [0.717, 1.165) is 11.7 Å². The Balaban J connectivity index is 1.86. The number of fused-ring (bicyclic) bond motifs is 1. The van der Waals surface area contributed by atoms with Crippen molar-refractivity contribution in [2.24, 2.45) is 5.92 Å². The van der Waals surface area contributed by atoms with E-state index >= 15 is 0 Å². The maximum absolute atomic E-state index is 4.12. The van der Waals surface area contributed by atoms with Gasteiger partial charge in [0.05, 0.1) is 12.4 Å². The van der Waals surface area contributed by atoms with Gasteiger partial charge in [-0.2, -0.15) is 4.52 Å². The fourth-order valence-corrected chi connectivity index (χ4v) is 2.32. The highest BCUT2D eigenvalue weighted by Gasteiger charge is 2.21. The van der Waals surface area contributed by atoms with Crippen molar-refractivity contribution in [2.45, 2.75) is 32.2 Å². The predicted octanol–water partition coefficient (Wildman–Crippen LogP) is 1.12. The summed E-state index contributed by atoms with van der Waals surface area (Å²) in [5, 5.41) is 14.9. The summed E-state index contributed by atoms with van der Waals surface area (Å²) in [7, 11) is 0. The zero-order chi connectivity index (χ0) is 11.0. The Labute approximate surface area is 93.1 Å². The summed E-state index contributed by atoms with van der Waals surface area (Å²) in [4.78, 5) is 4.12. The molecule has 0 saturated heterocycles. The van der Waals surface area contributed by atoms with Crippen molar-refractivity contribution in [3.63, 3.8) is 0 Å². The van der Waals surface area contributed by atoms with Gasteiger partial charge in [0.25, 0.3) is 0 Å². The van der Waals surface area contributed by atoms with E-state index in [1.165, 1.54) is 19.3 Å². The molecule has 1 aliphatic carbocycles. The molecule has 0 amide bonds. The average molecular weight is 218 g/mol. The van der Waals surface area contributed by atoms with Crippen molar-refractivity contribution in [1.82, 2.24) is 25.0 Å². The van der Waals surface area contributed by atoms with Crippen LogP contribution in [0.5, 0.6) is 0 Å². The summed E-state index contributed by atoms with van der Waals surface area (Å²) in [6.07, 6.45) is 7.13. The van der Waals surface area contributed by atoms with Crippen LogP contribution in [0.25, 0.3) is 5.65 Å². The summed E-state index contributed by atoms with van der Waals surface area (Å²) in [5.41, 5.74) is 0.677. The van der Waals surface area contributed by atoms with E-state index in [0.29, 0.717) is 11.7 Å². The van der Waals surface area contributed by atoms with Crippen LogP contribution in [0.3, 0.4) is 0 Å². The van der Waals surface area contributed by atoms with Gasteiger partial charge in [-0.3, -0.25) is 4.98 Å². The zero-order valence-electron chi connectivity index (χ0n) is 9.17. The molecule has 0 radical (unpaired) electrons. The molecule has 6 nitrogen and oxygen atoms in total. The molecular formula is C10H14N6. The molecule has 3 rings (SSSR count). The van der Waals surface area contributed by atoms with Gasteiger partial charge >= 0.3 is 0 Å². The maximum atomic E-state index is 4.12. The van der Waals surface area contributed by atoms with E-state index in [1.54, 1.807) is 16.9 Å². The SMILES string of the molecule is CC1CCC(Nc2cncc3nnnn23)C1. The number of rotatable bonds is 2. The first-order valence-electron chi connectivity index (χ1n) is 5.61. The van der Waals surface area contributed by atoms with E-state index in [2.05, 4.69) is 32.7 Å². The number of hydrogen-bond donors (Lipinski definition) is 1. The van der Waals surface area contributed by atoms with Crippen molar-refractivity contribution < 1.29 is 0 Å². The van der Waals surface area contributed by atoms with Gasteiger partial charge in [0.2, 0.25) is 0 Å². The van der Waals surface area contributed by atoms with Crippen LogP contribution in [-0.2, 0) is 0 Å². The number of aromatic nitrogens is 5. The monoisotopic (exact) mass is 218 g/mol. The quantitative estimate of drug-likeness (QED) is 0.818. The standard InChI is InChI=1S/C10H14N6/c1-7-2-3-8(4-7)12-9-5-11-6-10-13-14-15-16(9)10/h5-8,12H,2-4H2,1H3. The van der Waals surface area contributed by atoms with Crippen molar-refractivity contribution in [2.75, 3.05) is 5.32 Å². The van der Waals surface area contributed by atoms with Crippen molar-refractivity contribution in [3.8, 4) is 0 Å². The van der Waals surface area contributed by atoms with Crippen molar-refractivity contribution in [3.05, 3.63) is 12.4 Å². The Kier molecular flexibility index (Phi) is 2.19. The molecule has 2 heterocycles. The van der Waals surface area contributed by atoms with Gasteiger partial charge in [-0.25, -0.2) is 0 Å². The number of hydrogen-bond acceptors (Lipinski definition) is 5. The summed E-state index contributed by atoms with van der Waals surface area (Å²) >= 11 is 0. The lowest BCUT2D eigenvalue weighted by molar-refractivity contribution is 0.601. The van der Waals surface area contributed by atoms with Crippen molar-refractivity contribution >= 4 is 11.5 Å². The normalized spacial score (nSPS) is 25.1. The Bertz CT molecular complexity index is 493. The summed E-state index contributed by atoms with van der Waals surface area (Å²) < 4.78 is 1.69. The van der Waals surface area contributed by atoms with Gasteiger partial charge in [0, 0.05) is 6.04 Å². The van der Waals surface area contributed by atoms with Crippen LogP contribution in [0.1, 0.15) is 26.2 Å². The van der Waals surface area contributed by atoms with Crippen LogP contribution in [0.15, 0.2) is 12.4 Å². The molecule has 6 heteroatoms. The van der Waals surface area contributed by atoms with Gasteiger partial charge in [0.1, 0.15) is 0 Å². The molecule has 2 unspecified atom stereocenters. The number of nitrogens with one attached hydrogen (secondary N) is 1. The third-order valence-electron chi connectivity index (χ3n) is 3.16. The lowest BCUT2D eigenvalue weighted by Gasteiger charge is -2.13. The predicted molar refractivity (Wildman–Crippen MR) is 59.0 cm³/mol. The molecule has 2 atom stereocenters. The molecule has 1 N–H and O–H groups in total. The average Bonchev–Trinajstić information content (AvgIpc) is 2.87. The van der Waals surface area contributed by atoms with E-state index in [4.69, 9.17) is 0 Å². The van der Waals surface area contributed by atoms with Gasteiger partial charge in [-0.05, 0) is 35.6 Å². The van der Waals surface area contributed by atoms with E-state index < -0.39 is 0 Å². The Morgan fingerprint density at radius 3 is 3.12 bits per heavy atom. The molecule has 84 valence electrons. The highest BCUT2D eigenvalue weighted by atomic mass is 15.5. The topological polar surface area (TPSA) is 68.0 Å². The first kappa shape index (κ1) is 9.50. The van der Waals surface area contributed by atoms with E-state index in [9.17, 15) is 0 Å². The third-order valence-corrected chi connectivity index (χ3v) is 3.16. The maximum Gasteiger partial charge on any atom is 0.199 e. The first-order chi connectivity index (χ1) is 7.83. The highest BCUT2D eigenvalue weighted by molar-refractivity contribution is 5.44. The minimum atomic E-state index is 0.520. The van der Waals surface area contributed by atoms with Crippen molar-refractivity contribution in [1.29, 1.82) is 0 Å². The van der Waals surface area contributed by atoms with Gasteiger partial charge in [0.15, 0.2) is 11.5 Å². The fourth-order valence-electron chi connectivity index (χ4n) is 2.32. The summed E-state index contributed by atoms with van der Waals surface area (Å²) in [6, 6.07) is 0.520. The van der Waals surface area contributed by atoms with Gasteiger partial charge in [-0.1, -0.05) is 6.92 Å². The molecule has 0 aliphatic heterocycles. The molecule has 1 aliphatic rings. The first-order valence-corrected chi connectivity index (χ1v) is 5.61. The van der Waals surface area contributed by atoms with Crippen LogP contribution in [0, 0.1) is 5.92 Å². The van der Waals surface area contributed by atoms with Gasteiger partial charge in [-0.15, -0.1) is 5.10 Å². The molecule has 1 fully saturated rings. The fraction of sp³-hybridized carbons (Fsp3) is 0.600. The largest absolute Gasteiger partial charge is 0.366 e. The van der Waals surface area contributed by atoms with E-state index in [-0.39, 0.29) is 0 Å². The van der Waals surface area contributed by atoms with Crippen LogP contribution in [0.2, 0.25) is 0 Å². The van der Waals surface area contributed by atoms with Crippen LogP contribution >= 0.6 is 0 Å². The lowest BCUT2D eigenvalue weighted by atomic mass is 10.1. The van der Waals surface area contributed by atoms with Crippen LogP contribution < -0.4 is 5.32 Å². The second-order valence-corrected chi connectivity index (χ2v) is 4.50. The molecule has 0 bridgehead atoms. The molecule has 0 spiro atoms. The summed E-state index contributed by atoms with van der Waals surface area (Å²) in [5.74, 6) is 1.68. The Morgan fingerprint density at radius 2 is 2.31 bits per heavy atom. The minimum absolute atomic E-state index is 0.520. The minimum Gasteiger partial charge on any atom is -0.366 e. The molecule has 0 aromatic carbocycles. The zero-order valence-corrected chi connectivity index (χ0v) is 9.17. The van der Waals surface area contributed by atoms with Crippen LogP contribution in [-0.4, -0.2) is 31.1 Å². The second-order valence-electron chi connectivity index (χ2n) is 4.50. The molecule has 2 aromatic heterocycles.